The molecule has 138 valence electrons. The van der Waals surface area contributed by atoms with E-state index in [2.05, 4.69) is 24.5 Å². The van der Waals surface area contributed by atoms with Gasteiger partial charge < -0.3 is 29.9 Å². The zero-order valence-corrected chi connectivity index (χ0v) is 13.6. The van der Waals surface area contributed by atoms with E-state index in [1.807, 2.05) is 0 Å². The predicted octanol–water partition coefficient (Wildman–Crippen LogP) is -0.101. The Hall–Kier alpha value is -2.00. The lowest BCUT2D eigenvalue weighted by molar-refractivity contribution is -0.135. The molecule has 0 saturated carbocycles. The van der Waals surface area contributed by atoms with Gasteiger partial charge in [0.25, 0.3) is 0 Å². The highest BCUT2D eigenvalue weighted by atomic mass is 16.5. The van der Waals surface area contributed by atoms with E-state index in [0.717, 1.165) is 6.08 Å². The van der Waals surface area contributed by atoms with E-state index in [-0.39, 0.29) is 32.4 Å². The van der Waals surface area contributed by atoms with Crippen molar-refractivity contribution in [2.75, 3.05) is 39.6 Å². The number of aliphatic hydroxyl groups is 3. The molecule has 1 aliphatic rings. The molecule has 0 amide bonds. The van der Waals surface area contributed by atoms with Gasteiger partial charge in [0.05, 0.1) is 45.1 Å². The number of esters is 1. The number of carbonyl (C=O) groups excluding carboxylic acids is 1. The van der Waals surface area contributed by atoms with Gasteiger partial charge in [-0.3, -0.25) is 0 Å². The van der Waals surface area contributed by atoms with Crippen LogP contribution in [0.15, 0.2) is 37.5 Å². The van der Waals surface area contributed by atoms with E-state index in [0.29, 0.717) is 25.2 Å². The van der Waals surface area contributed by atoms with Gasteiger partial charge in [-0.2, -0.15) is 0 Å². The van der Waals surface area contributed by atoms with Crippen molar-refractivity contribution in [1.29, 1.82) is 0 Å². The number of cyclic esters (lactones) is 1. The standard InChI is InChI=1S/C8H16O4.C5H6O2.C3H4O2/c1-2-3-12-7-8(4-9,5-10)6-11;1-4-2-3-7-5(4)6;1-2-3(4)5/h2,9-11H,1,3-7H2;1-3H2;2H,1H2,(H,4,5). The molecule has 0 bridgehead atoms. The van der Waals surface area contributed by atoms with E-state index in [4.69, 9.17) is 25.2 Å². The summed E-state index contributed by atoms with van der Waals surface area (Å²) in [5.74, 6) is -1.22. The van der Waals surface area contributed by atoms with Gasteiger partial charge in [-0.1, -0.05) is 19.2 Å². The molecule has 1 rings (SSSR count). The number of rotatable bonds is 8. The summed E-state index contributed by atoms with van der Waals surface area (Å²) in [5.41, 5.74) is -0.330. The molecule has 0 atom stereocenters. The Morgan fingerprint density at radius 1 is 1.25 bits per heavy atom. The van der Waals surface area contributed by atoms with Crippen molar-refractivity contribution in [2.24, 2.45) is 5.41 Å². The number of carboxylic acid groups (broad SMARTS) is 1. The van der Waals surface area contributed by atoms with Gasteiger partial charge in [-0.15, -0.1) is 6.58 Å². The summed E-state index contributed by atoms with van der Waals surface area (Å²) in [6.45, 7) is 9.98. The zero-order valence-electron chi connectivity index (χ0n) is 13.6. The number of hydrogen-bond donors (Lipinski definition) is 4. The summed E-state index contributed by atoms with van der Waals surface area (Å²) in [6, 6.07) is 0. The highest BCUT2D eigenvalue weighted by molar-refractivity contribution is 5.89. The summed E-state index contributed by atoms with van der Waals surface area (Å²) >= 11 is 0. The second kappa shape index (κ2) is 14.6. The Labute approximate surface area is 141 Å². The molecule has 0 aliphatic carbocycles. The minimum atomic E-state index is -0.981. The number of aliphatic carboxylic acids is 1. The molecular weight excluding hydrogens is 320 g/mol. The van der Waals surface area contributed by atoms with Crippen LogP contribution in [0.2, 0.25) is 0 Å². The third kappa shape index (κ3) is 11.6. The molecule has 1 saturated heterocycles. The molecule has 1 aliphatic heterocycles. The minimum Gasteiger partial charge on any atom is -0.478 e. The van der Waals surface area contributed by atoms with Crippen LogP contribution in [0.25, 0.3) is 0 Å². The predicted molar refractivity (Wildman–Crippen MR) is 87.3 cm³/mol. The first-order valence-electron chi connectivity index (χ1n) is 7.04. The first-order valence-corrected chi connectivity index (χ1v) is 7.04. The quantitative estimate of drug-likeness (QED) is 0.207. The van der Waals surface area contributed by atoms with Crippen LogP contribution in [0.3, 0.4) is 0 Å². The lowest BCUT2D eigenvalue weighted by Crippen LogP contribution is -2.38. The fourth-order valence-electron chi connectivity index (χ4n) is 1.12. The van der Waals surface area contributed by atoms with Crippen molar-refractivity contribution in [3.05, 3.63) is 37.5 Å². The number of ether oxygens (including phenoxy) is 2. The maximum absolute atomic E-state index is 10.3. The normalized spacial score (nSPS) is 13.0. The monoisotopic (exact) mass is 346 g/mol. The van der Waals surface area contributed by atoms with Crippen LogP contribution in [0.5, 0.6) is 0 Å². The number of aliphatic hydroxyl groups excluding tert-OH is 3. The van der Waals surface area contributed by atoms with Crippen molar-refractivity contribution in [3.63, 3.8) is 0 Å². The van der Waals surface area contributed by atoms with Crippen LogP contribution in [0.4, 0.5) is 0 Å². The first kappa shape index (κ1) is 24.3. The maximum Gasteiger partial charge on any atom is 0.333 e. The summed E-state index contributed by atoms with van der Waals surface area (Å²) in [7, 11) is 0. The Morgan fingerprint density at radius 3 is 1.96 bits per heavy atom. The van der Waals surface area contributed by atoms with Crippen molar-refractivity contribution in [1.82, 2.24) is 0 Å². The Morgan fingerprint density at radius 2 is 1.75 bits per heavy atom. The van der Waals surface area contributed by atoms with Crippen molar-refractivity contribution < 1.29 is 39.5 Å². The molecule has 8 heteroatoms. The Bertz CT molecular complexity index is 390. The molecule has 4 N–H and O–H groups in total. The van der Waals surface area contributed by atoms with Crippen molar-refractivity contribution >= 4 is 11.9 Å². The maximum atomic E-state index is 10.3. The van der Waals surface area contributed by atoms with Gasteiger partial charge in [0, 0.05) is 18.1 Å². The second-order valence-electron chi connectivity index (χ2n) is 4.81. The topological polar surface area (TPSA) is 134 Å². The van der Waals surface area contributed by atoms with Gasteiger partial charge in [0.1, 0.15) is 0 Å². The smallest absolute Gasteiger partial charge is 0.333 e. The van der Waals surface area contributed by atoms with Gasteiger partial charge in [-0.25, -0.2) is 9.59 Å². The number of hydrogen-bond acceptors (Lipinski definition) is 7. The SMILES string of the molecule is C=C1CCOC1=O.C=CC(=O)O.C=CCOCC(CO)(CO)CO. The fourth-order valence-corrected chi connectivity index (χ4v) is 1.12. The molecule has 0 spiro atoms. The minimum absolute atomic E-state index is 0.127. The van der Waals surface area contributed by atoms with Crippen LogP contribution in [-0.4, -0.2) is 72.0 Å². The second-order valence-corrected chi connectivity index (χ2v) is 4.81. The molecule has 0 aromatic rings. The average molecular weight is 346 g/mol. The van der Waals surface area contributed by atoms with E-state index in [1.165, 1.54) is 0 Å². The Kier molecular flexibility index (Phi) is 14.7. The van der Waals surface area contributed by atoms with Crippen LogP contribution in [0, 0.1) is 5.41 Å². The van der Waals surface area contributed by atoms with Gasteiger partial charge in [0.15, 0.2) is 0 Å². The van der Waals surface area contributed by atoms with Crippen LogP contribution < -0.4 is 0 Å². The fraction of sp³-hybridized carbons (Fsp3) is 0.500. The van der Waals surface area contributed by atoms with E-state index >= 15 is 0 Å². The van der Waals surface area contributed by atoms with Crippen LogP contribution in [0.1, 0.15) is 6.42 Å². The third-order valence-electron chi connectivity index (χ3n) is 2.75. The molecule has 24 heavy (non-hydrogen) atoms. The lowest BCUT2D eigenvalue weighted by atomic mass is 9.93. The number of carboxylic acids is 1. The molecule has 8 nitrogen and oxygen atoms in total. The summed E-state index contributed by atoms with van der Waals surface area (Å²) < 4.78 is 9.55. The van der Waals surface area contributed by atoms with Gasteiger partial charge >= 0.3 is 11.9 Å². The molecule has 1 heterocycles. The van der Waals surface area contributed by atoms with Crippen molar-refractivity contribution in [3.8, 4) is 0 Å². The Balaban J connectivity index is 0. The molecular formula is C16H26O8. The first-order chi connectivity index (χ1) is 11.3. The van der Waals surface area contributed by atoms with E-state index < -0.39 is 11.4 Å². The highest BCUT2D eigenvalue weighted by Gasteiger charge is 2.28. The summed E-state index contributed by atoms with van der Waals surface area (Å²) in [6.07, 6.45) is 3.11. The molecule has 0 aromatic heterocycles. The van der Waals surface area contributed by atoms with Crippen molar-refractivity contribution in [2.45, 2.75) is 6.42 Å². The molecule has 0 aromatic carbocycles. The van der Waals surface area contributed by atoms with Gasteiger partial charge in [-0.05, 0) is 0 Å². The third-order valence-corrected chi connectivity index (χ3v) is 2.75. The van der Waals surface area contributed by atoms with E-state index in [9.17, 15) is 9.59 Å². The average Bonchev–Trinajstić information content (AvgIpc) is 2.96. The molecule has 0 radical (unpaired) electrons. The van der Waals surface area contributed by atoms with Crippen LogP contribution >= 0.6 is 0 Å². The van der Waals surface area contributed by atoms with Crippen LogP contribution in [-0.2, 0) is 19.1 Å². The lowest BCUT2D eigenvalue weighted by Gasteiger charge is -2.26. The molecule has 1 fully saturated rings. The molecule has 0 unspecified atom stereocenters. The van der Waals surface area contributed by atoms with Gasteiger partial charge in [0.2, 0.25) is 0 Å². The zero-order chi connectivity index (χ0) is 19.0. The summed E-state index contributed by atoms with van der Waals surface area (Å²) in [5, 5.41) is 34.2. The largest absolute Gasteiger partial charge is 0.478 e. The summed E-state index contributed by atoms with van der Waals surface area (Å²) in [4.78, 5) is 19.5. The number of carbonyl (C=O) groups is 2. The highest BCUT2D eigenvalue weighted by Crippen LogP contribution is 2.14. The van der Waals surface area contributed by atoms with E-state index in [1.54, 1.807) is 6.08 Å².